The van der Waals surface area contributed by atoms with Crippen LogP contribution in [0, 0.1) is 12.7 Å². The number of aryl methyl sites for hydroxylation is 1. The van der Waals surface area contributed by atoms with Gasteiger partial charge in [-0.2, -0.15) is 0 Å². The van der Waals surface area contributed by atoms with Crippen LogP contribution < -0.4 is 0 Å². The summed E-state index contributed by atoms with van der Waals surface area (Å²) in [6.45, 7) is 3.68. The minimum Gasteiger partial charge on any atom is -0.481 e. The van der Waals surface area contributed by atoms with Crippen molar-refractivity contribution in [2.24, 2.45) is 0 Å². The van der Waals surface area contributed by atoms with Crippen molar-refractivity contribution in [1.82, 2.24) is 4.98 Å². The van der Waals surface area contributed by atoms with Crippen molar-refractivity contribution in [1.29, 1.82) is 0 Å². The number of H-pyrrole nitrogens is 1. The number of carboxylic acid groups (broad SMARTS) is 1. The number of fused-ring (bicyclic) bond motifs is 1. The summed E-state index contributed by atoms with van der Waals surface area (Å²) in [5, 5.41) is 9.59. The molecule has 0 bridgehead atoms. The summed E-state index contributed by atoms with van der Waals surface area (Å²) in [7, 11) is 0. The molecule has 0 aliphatic carbocycles. The first-order valence-electron chi connectivity index (χ1n) is 5.49. The smallest absolute Gasteiger partial charge is 0.303 e. The average Bonchev–Trinajstić information content (AvgIpc) is 2.55. The minimum absolute atomic E-state index is 0.0459. The van der Waals surface area contributed by atoms with Gasteiger partial charge in [0.25, 0.3) is 0 Å². The highest BCUT2D eigenvalue weighted by atomic mass is 19.1. The maximum atomic E-state index is 13.6. The highest BCUT2D eigenvalue weighted by Gasteiger charge is 2.18. The molecule has 3 nitrogen and oxygen atoms in total. The molecule has 0 saturated carbocycles. The van der Waals surface area contributed by atoms with Gasteiger partial charge in [-0.1, -0.05) is 19.1 Å². The Labute approximate surface area is 98.3 Å². The Kier molecular flexibility index (Phi) is 2.88. The topological polar surface area (TPSA) is 53.1 Å². The Bertz CT molecular complexity index is 574. The Morgan fingerprint density at radius 3 is 2.88 bits per heavy atom. The van der Waals surface area contributed by atoms with E-state index in [1.807, 2.05) is 19.9 Å². The van der Waals surface area contributed by atoms with Crippen LogP contribution in [0.15, 0.2) is 18.2 Å². The summed E-state index contributed by atoms with van der Waals surface area (Å²) in [6, 6.07) is 4.85. The van der Waals surface area contributed by atoms with E-state index in [2.05, 4.69) is 4.98 Å². The van der Waals surface area contributed by atoms with Gasteiger partial charge >= 0.3 is 5.97 Å². The second kappa shape index (κ2) is 4.20. The second-order valence-corrected chi connectivity index (χ2v) is 4.32. The van der Waals surface area contributed by atoms with Gasteiger partial charge in [-0.3, -0.25) is 4.79 Å². The largest absolute Gasteiger partial charge is 0.481 e. The lowest BCUT2D eigenvalue weighted by Gasteiger charge is -2.09. The second-order valence-electron chi connectivity index (χ2n) is 4.32. The number of aromatic amines is 1. The van der Waals surface area contributed by atoms with Crippen LogP contribution in [0.2, 0.25) is 0 Å². The lowest BCUT2D eigenvalue weighted by Crippen LogP contribution is -2.03. The van der Waals surface area contributed by atoms with Crippen molar-refractivity contribution >= 4 is 16.9 Å². The standard InChI is InChI=1S/C13H14FNO2/c1-7(6-11(16)17)12-8(2)15-13-9(12)4-3-5-10(13)14/h3-5,7,15H,6H2,1-2H3,(H,16,17). The summed E-state index contributed by atoms with van der Waals surface area (Å²) in [4.78, 5) is 13.7. The van der Waals surface area contributed by atoms with Crippen molar-refractivity contribution in [3.63, 3.8) is 0 Å². The van der Waals surface area contributed by atoms with Crippen molar-refractivity contribution < 1.29 is 14.3 Å². The number of para-hydroxylation sites is 1. The van der Waals surface area contributed by atoms with E-state index in [1.165, 1.54) is 6.07 Å². The van der Waals surface area contributed by atoms with Crippen LogP contribution in [0.3, 0.4) is 0 Å². The number of nitrogens with one attached hydrogen (secondary N) is 1. The molecule has 0 aliphatic rings. The highest BCUT2D eigenvalue weighted by molar-refractivity contribution is 5.86. The van der Waals surface area contributed by atoms with Crippen LogP contribution >= 0.6 is 0 Å². The third-order valence-electron chi connectivity index (χ3n) is 2.99. The first kappa shape index (κ1) is 11.6. The first-order chi connectivity index (χ1) is 8.00. The molecule has 17 heavy (non-hydrogen) atoms. The number of carboxylic acids is 1. The van der Waals surface area contributed by atoms with Gasteiger partial charge in [-0.15, -0.1) is 0 Å². The number of carbonyl (C=O) groups is 1. The van der Waals surface area contributed by atoms with Gasteiger partial charge in [-0.05, 0) is 24.5 Å². The quantitative estimate of drug-likeness (QED) is 0.858. The zero-order chi connectivity index (χ0) is 12.6. The molecular weight excluding hydrogens is 221 g/mol. The monoisotopic (exact) mass is 235 g/mol. The van der Waals surface area contributed by atoms with Crippen LogP contribution in [0.5, 0.6) is 0 Å². The molecule has 0 spiro atoms. The molecule has 0 amide bonds. The number of halogens is 1. The van der Waals surface area contributed by atoms with Gasteiger partial charge < -0.3 is 10.1 Å². The Hall–Kier alpha value is -1.84. The van der Waals surface area contributed by atoms with Gasteiger partial charge in [0.2, 0.25) is 0 Å². The van der Waals surface area contributed by atoms with E-state index in [4.69, 9.17) is 5.11 Å². The Balaban J connectivity index is 2.57. The maximum Gasteiger partial charge on any atom is 0.303 e. The van der Waals surface area contributed by atoms with Gasteiger partial charge in [-0.25, -0.2) is 4.39 Å². The zero-order valence-electron chi connectivity index (χ0n) is 9.75. The molecule has 0 saturated heterocycles. The molecule has 1 atom stereocenters. The van der Waals surface area contributed by atoms with Gasteiger partial charge in [0, 0.05) is 11.1 Å². The molecular formula is C13H14FNO2. The van der Waals surface area contributed by atoms with E-state index in [1.54, 1.807) is 6.07 Å². The summed E-state index contributed by atoms with van der Waals surface area (Å²) in [5.74, 6) is -1.29. The highest BCUT2D eigenvalue weighted by Crippen LogP contribution is 2.31. The molecule has 0 radical (unpaired) electrons. The number of rotatable bonds is 3. The number of hydrogen-bond acceptors (Lipinski definition) is 1. The summed E-state index contributed by atoms with van der Waals surface area (Å²) >= 11 is 0. The zero-order valence-corrected chi connectivity index (χ0v) is 9.75. The summed E-state index contributed by atoms with van der Waals surface area (Å²) in [6.07, 6.45) is 0.0459. The summed E-state index contributed by atoms with van der Waals surface area (Å²) in [5.41, 5.74) is 2.18. The Morgan fingerprint density at radius 2 is 2.24 bits per heavy atom. The normalized spacial score (nSPS) is 12.9. The molecule has 0 fully saturated rings. The molecule has 1 aromatic heterocycles. The minimum atomic E-state index is -0.845. The lowest BCUT2D eigenvalue weighted by molar-refractivity contribution is -0.137. The molecule has 1 aromatic carbocycles. The number of aliphatic carboxylic acids is 1. The maximum absolute atomic E-state index is 13.6. The van der Waals surface area contributed by atoms with E-state index in [0.717, 1.165) is 16.6 Å². The van der Waals surface area contributed by atoms with Crippen LogP contribution in [0.4, 0.5) is 4.39 Å². The molecule has 1 heterocycles. The summed E-state index contributed by atoms with van der Waals surface area (Å²) < 4.78 is 13.6. The fourth-order valence-corrected chi connectivity index (χ4v) is 2.33. The van der Waals surface area contributed by atoms with E-state index >= 15 is 0 Å². The van der Waals surface area contributed by atoms with Gasteiger partial charge in [0.15, 0.2) is 0 Å². The molecule has 2 rings (SSSR count). The molecule has 1 unspecified atom stereocenters. The van der Waals surface area contributed by atoms with Crippen LogP contribution in [-0.4, -0.2) is 16.1 Å². The predicted molar refractivity (Wildman–Crippen MR) is 63.7 cm³/mol. The number of benzene rings is 1. The third-order valence-corrected chi connectivity index (χ3v) is 2.99. The first-order valence-corrected chi connectivity index (χ1v) is 5.49. The Morgan fingerprint density at radius 1 is 1.53 bits per heavy atom. The molecule has 2 aromatic rings. The SMILES string of the molecule is Cc1[nH]c2c(F)cccc2c1C(C)CC(=O)O. The van der Waals surface area contributed by atoms with Crippen molar-refractivity contribution in [2.45, 2.75) is 26.2 Å². The van der Waals surface area contributed by atoms with Crippen molar-refractivity contribution in [2.75, 3.05) is 0 Å². The van der Waals surface area contributed by atoms with Gasteiger partial charge in [0.1, 0.15) is 5.82 Å². The molecule has 2 N–H and O–H groups in total. The fourth-order valence-electron chi connectivity index (χ4n) is 2.33. The van der Waals surface area contributed by atoms with E-state index < -0.39 is 5.97 Å². The fraction of sp³-hybridized carbons (Fsp3) is 0.308. The number of aromatic nitrogens is 1. The van der Waals surface area contributed by atoms with E-state index in [-0.39, 0.29) is 18.2 Å². The molecule has 0 aliphatic heterocycles. The molecule has 90 valence electrons. The van der Waals surface area contributed by atoms with E-state index in [0.29, 0.717) is 5.52 Å². The van der Waals surface area contributed by atoms with Crippen LogP contribution in [0.25, 0.3) is 10.9 Å². The third kappa shape index (κ3) is 2.02. The average molecular weight is 235 g/mol. The van der Waals surface area contributed by atoms with Crippen molar-refractivity contribution in [3.8, 4) is 0 Å². The number of hydrogen-bond donors (Lipinski definition) is 2. The van der Waals surface area contributed by atoms with Crippen molar-refractivity contribution in [3.05, 3.63) is 35.3 Å². The van der Waals surface area contributed by atoms with E-state index in [9.17, 15) is 9.18 Å². The predicted octanol–water partition coefficient (Wildman–Crippen LogP) is 3.19. The van der Waals surface area contributed by atoms with Crippen LogP contribution in [-0.2, 0) is 4.79 Å². The van der Waals surface area contributed by atoms with Gasteiger partial charge in [0.05, 0.1) is 11.9 Å². The molecule has 4 heteroatoms. The van der Waals surface area contributed by atoms with Crippen LogP contribution in [0.1, 0.15) is 30.5 Å². The lowest BCUT2D eigenvalue weighted by atomic mass is 9.95.